The van der Waals surface area contributed by atoms with Crippen molar-refractivity contribution in [2.75, 3.05) is 7.11 Å². The molecule has 0 aliphatic heterocycles. The van der Waals surface area contributed by atoms with Crippen molar-refractivity contribution >= 4 is 11.8 Å². The minimum absolute atomic E-state index is 0.116. The van der Waals surface area contributed by atoms with Crippen LogP contribution in [0.25, 0.3) is 0 Å². The molecule has 2 aromatic rings. The summed E-state index contributed by atoms with van der Waals surface area (Å²) in [6.45, 7) is 0. The molecule has 0 unspecified atom stereocenters. The van der Waals surface area contributed by atoms with Gasteiger partial charge < -0.3 is 9.84 Å². The van der Waals surface area contributed by atoms with Gasteiger partial charge in [0.15, 0.2) is 5.78 Å². The van der Waals surface area contributed by atoms with Crippen LogP contribution in [0.3, 0.4) is 0 Å². The maximum absolute atomic E-state index is 12.3. The second-order valence-electron chi connectivity index (χ2n) is 4.65. The largest absolute Gasteiger partial charge is 0.508 e. The molecule has 1 N–H and O–H groups in total. The van der Waals surface area contributed by atoms with Crippen LogP contribution in [-0.4, -0.2) is 24.0 Å². The summed E-state index contributed by atoms with van der Waals surface area (Å²) in [7, 11) is 1.35. The molecule has 0 radical (unpaired) electrons. The minimum Gasteiger partial charge on any atom is -0.508 e. The van der Waals surface area contributed by atoms with Crippen molar-refractivity contribution in [2.24, 2.45) is 0 Å². The van der Waals surface area contributed by atoms with Crippen molar-refractivity contribution in [3.8, 4) is 5.75 Å². The first-order chi connectivity index (χ1) is 10.1. The van der Waals surface area contributed by atoms with Gasteiger partial charge in [-0.1, -0.05) is 18.2 Å². The number of ether oxygens (including phenoxy) is 1. The first-order valence-electron chi connectivity index (χ1n) is 6.59. The number of aryl methyl sites for hydroxylation is 1. The second-order valence-corrected chi connectivity index (χ2v) is 4.65. The number of hydrogen-bond acceptors (Lipinski definition) is 4. The van der Waals surface area contributed by atoms with Gasteiger partial charge in [0.05, 0.1) is 7.11 Å². The van der Waals surface area contributed by atoms with Gasteiger partial charge in [-0.15, -0.1) is 0 Å². The van der Waals surface area contributed by atoms with Crippen molar-refractivity contribution in [1.29, 1.82) is 0 Å². The molecule has 0 atom stereocenters. The number of rotatable bonds is 5. The fourth-order valence-corrected chi connectivity index (χ4v) is 2.00. The van der Waals surface area contributed by atoms with E-state index >= 15 is 0 Å². The van der Waals surface area contributed by atoms with Crippen LogP contribution < -0.4 is 0 Å². The van der Waals surface area contributed by atoms with Crippen molar-refractivity contribution in [3.63, 3.8) is 0 Å². The van der Waals surface area contributed by atoms with Gasteiger partial charge in [0.1, 0.15) is 5.75 Å². The predicted octanol–water partition coefficient (Wildman–Crippen LogP) is 2.73. The van der Waals surface area contributed by atoms with E-state index in [0.717, 1.165) is 5.56 Å². The van der Waals surface area contributed by atoms with Crippen molar-refractivity contribution in [3.05, 3.63) is 65.2 Å². The number of phenolic OH excluding ortho intramolecular Hbond substituents is 1. The van der Waals surface area contributed by atoms with Gasteiger partial charge in [0.25, 0.3) is 0 Å². The van der Waals surface area contributed by atoms with Gasteiger partial charge >= 0.3 is 5.97 Å². The molecule has 0 aromatic heterocycles. The summed E-state index contributed by atoms with van der Waals surface area (Å²) in [5.74, 6) is -0.265. The Bertz CT molecular complexity index is 644. The lowest BCUT2D eigenvalue weighted by Crippen LogP contribution is -2.04. The highest BCUT2D eigenvalue weighted by Gasteiger charge is 2.10. The average molecular weight is 284 g/mol. The normalized spacial score (nSPS) is 10.1. The molecule has 4 heteroatoms. The fourth-order valence-electron chi connectivity index (χ4n) is 2.00. The Labute approximate surface area is 123 Å². The topological polar surface area (TPSA) is 63.6 Å². The van der Waals surface area contributed by atoms with E-state index in [1.54, 1.807) is 30.3 Å². The van der Waals surface area contributed by atoms with Crippen LogP contribution in [0.1, 0.15) is 27.9 Å². The summed E-state index contributed by atoms with van der Waals surface area (Å²) >= 11 is 0. The van der Waals surface area contributed by atoms with Crippen LogP contribution in [-0.2, 0) is 16.0 Å². The number of aromatic hydroxyl groups is 1. The molecule has 0 amide bonds. The molecule has 108 valence electrons. The SMILES string of the molecule is COC(=O)CCc1cccc(C(=O)c2ccc(O)cc2)c1. The van der Waals surface area contributed by atoms with E-state index in [9.17, 15) is 14.7 Å². The maximum atomic E-state index is 12.3. The molecule has 0 spiro atoms. The molecule has 2 rings (SSSR count). The lowest BCUT2D eigenvalue weighted by Gasteiger charge is -2.05. The van der Waals surface area contributed by atoms with Crippen LogP contribution in [0.15, 0.2) is 48.5 Å². The second kappa shape index (κ2) is 6.70. The standard InChI is InChI=1S/C17H16O4/c1-21-16(19)10-5-12-3-2-4-14(11-12)17(20)13-6-8-15(18)9-7-13/h2-4,6-9,11,18H,5,10H2,1H3. The molecular formula is C17H16O4. The summed E-state index contributed by atoms with van der Waals surface area (Å²) in [4.78, 5) is 23.5. The van der Waals surface area contributed by atoms with Gasteiger partial charge in [-0.25, -0.2) is 0 Å². The van der Waals surface area contributed by atoms with Crippen LogP contribution >= 0.6 is 0 Å². The molecule has 0 aliphatic rings. The summed E-state index contributed by atoms with van der Waals surface area (Å²) < 4.78 is 4.60. The summed E-state index contributed by atoms with van der Waals surface area (Å²) in [5.41, 5.74) is 1.98. The molecule has 0 heterocycles. The lowest BCUT2D eigenvalue weighted by molar-refractivity contribution is -0.140. The van der Waals surface area contributed by atoms with Gasteiger partial charge in [-0.3, -0.25) is 9.59 Å². The molecule has 0 fully saturated rings. The van der Waals surface area contributed by atoms with E-state index in [4.69, 9.17) is 0 Å². The summed E-state index contributed by atoms with van der Waals surface area (Å²) in [5, 5.41) is 9.24. The quantitative estimate of drug-likeness (QED) is 0.677. The van der Waals surface area contributed by atoms with E-state index in [1.165, 1.54) is 19.2 Å². The highest BCUT2D eigenvalue weighted by atomic mass is 16.5. The van der Waals surface area contributed by atoms with E-state index < -0.39 is 0 Å². The Morgan fingerprint density at radius 2 is 1.76 bits per heavy atom. The fraction of sp³-hybridized carbons (Fsp3) is 0.176. The Balaban J connectivity index is 2.14. The number of ketones is 1. The van der Waals surface area contributed by atoms with Crippen LogP contribution in [0.5, 0.6) is 5.75 Å². The van der Waals surface area contributed by atoms with E-state index in [1.807, 2.05) is 6.07 Å². The number of carbonyl (C=O) groups excluding carboxylic acids is 2. The van der Waals surface area contributed by atoms with Gasteiger partial charge in [-0.2, -0.15) is 0 Å². The number of methoxy groups -OCH3 is 1. The monoisotopic (exact) mass is 284 g/mol. The zero-order valence-corrected chi connectivity index (χ0v) is 11.7. The third-order valence-electron chi connectivity index (χ3n) is 3.16. The smallest absolute Gasteiger partial charge is 0.305 e. The molecule has 0 aliphatic carbocycles. The molecule has 0 saturated heterocycles. The first kappa shape index (κ1) is 14.8. The molecule has 4 nitrogen and oxygen atoms in total. The lowest BCUT2D eigenvalue weighted by atomic mass is 9.99. The number of esters is 1. The minimum atomic E-state index is -0.273. The Morgan fingerprint density at radius 3 is 2.43 bits per heavy atom. The molecule has 2 aromatic carbocycles. The predicted molar refractivity (Wildman–Crippen MR) is 78.3 cm³/mol. The molecular weight excluding hydrogens is 268 g/mol. The van der Waals surface area contributed by atoms with Crippen LogP contribution in [0, 0.1) is 0 Å². The Kier molecular flexibility index (Phi) is 4.72. The van der Waals surface area contributed by atoms with Crippen molar-refractivity contribution in [2.45, 2.75) is 12.8 Å². The Morgan fingerprint density at radius 1 is 1.05 bits per heavy atom. The maximum Gasteiger partial charge on any atom is 0.305 e. The average Bonchev–Trinajstić information content (AvgIpc) is 2.53. The summed E-state index contributed by atoms with van der Waals surface area (Å²) in [6.07, 6.45) is 0.816. The number of hydrogen-bond donors (Lipinski definition) is 1. The molecule has 21 heavy (non-hydrogen) atoms. The number of phenols is 1. The third-order valence-corrected chi connectivity index (χ3v) is 3.16. The van der Waals surface area contributed by atoms with Crippen LogP contribution in [0.2, 0.25) is 0 Å². The first-order valence-corrected chi connectivity index (χ1v) is 6.59. The number of carbonyl (C=O) groups is 2. The van der Waals surface area contributed by atoms with Crippen molar-refractivity contribution < 1.29 is 19.4 Å². The molecule has 0 saturated carbocycles. The third kappa shape index (κ3) is 3.92. The molecule has 0 bridgehead atoms. The highest BCUT2D eigenvalue weighted by molar-refractivity contribution is 6.09. The van der Waals surface area contributed by atoms with Crippen molar-refractivity contribution in [1.82, 2.24) is 0 Å². The highest BCUT2D eigenvalue weighted by Crippen LogP contribution is 2.16. The van der Waals surface area contributed by atoms with E-state index in [0.29, 0.717) is 17.5 Å². The van der Waals surface area contributed by atoms with Crippen LogP contribution in [0.4, 0.5) is 0 Å². The number of benzene rings is 2. The Hall–Kier alpha value is -2.62. The van der Waals surface area contributed by atoms with Gasteiger partial charge in [0.2, 0.25) is 0 Å². The van der Waals surface area contributed by atoms with E-state index in [2.05, 4.69) is 4.74 Å². The van der Waals surface area contributed by atoms with E-state index in [-0.39, 0.29) is 23.9 Å². The summed E-state index contributed by atoms with van der Waals surface area (Å²) in [6, 6.07) is 13.3. The van der Waals surface area contributed by atoms with Gasteiger partial charge in [0, 0.05) is 17.5 Å². The zero-order valence-electron chi connectivity index (χ0n) is 11.7. The van der Waals surface area contributed by atoms with Gasteiger partial charge in [-0.05, 0) is 42.3 Å². The zero-order chi connectivity index (χ0) is 15.2.